The normalized spacial score (nSPS) is 23.0. The van der Waals surface area contributed by atoms with Gasteiger partial charge >= 0.3 is 0 Å². The van der Waals surface area contributed by atoms with Crippen molar-refractivity contribution in [3.63, 3.8) is 0 Å². The van der Waals surface area contributed by atoms with Crippen molar-refractivity contribution in [3.8, 4) is 0 Å². The molecular formula is C9H15OSn-. The van der Waals surface area contributed by atoms with E-state index in [0.29, 0.717) is 0 Å². The van der Waals surface area contributed by atoms with Crippen LogP contribution in [0.3, 0.4) is 0 Å². The van der Waals surface area contributed by atoms with E-state index in [1.807, 2.05) is 0 Å². The monoisotopic (exact) mass is 259 g/mol. The molecule has 0 aromatic heterocycles. The third-order valence-electron chi connectivity index (χ3n) is 2.28. The topological polar surface area (TPSA) is 20.2 Å². The predicted molar refractivity (Wildman–Crippen MR) is 47.3 cm³/mol. The maximum absolute atomic E-state index is 9.68. The molecule has 1 N–H and O–H groups in total. The fraction of sp³-hybridized carbons (Fsp3) is 0.778. The summed E-state index contributed by atoms with van der Waals surface area (Å²) in [6.07, 6.45) is 7.88. The molecule has 0 saturated heterocycles. The summed E-state index contributed by atoms with van der Waals surface area (Å²) in [5.74, 6) is 0. The Morgan fingerprint density at radius 2 is 1.55 bits per heavy atom. The molecule has 11 heavy (non-hydrogen) atoms. The summed E-state index contributed by atoms with van der Waals surface area (Å²) >= 11 is 0. The zero-order chi connectivity index (χ0) is 7.45. The van der Waals surface area contributed by atoms with Gasteiger partial charge in [-0.15, -0.1) is 0 Å². The molecule has 1 nitrogen and oxygen atoms in total. The maximum Gasteiger partial charge on any atom is 0.0512 e. The number of hydrogen-bond donors (Lipinski definition) is 1. The van der Waals surface area contributed by atoms with E-state index in [2.05, 4.69) is 0 Å². The first-order valence-electron chi connectivity index (χ1n) is 4.05. The molecule has 0 atom stereocenters. The van der Waals surface area contributed by atoms with Crippen molar-refractivity contribution >= 4 is 23.9 Å². The minimum atomic E-state index is -0.642. The first kappa shape index (κ1) is 11.5. The Balaban J connectivity index is 0.000001000. The summed E-state index contributed by atoms with van der Waals surface area (Å²) in [4.78, 5) is 0. The number of rotatable bonds is 1. The fourth-order valence-corrected chi connectivity index (χ4v) is 1.51. The first-order valence-corrected chi connectivity index (χ1v) is 4.05. The van der Waals surface area contributed by atoms with Crippen LogP contribution in [0.5, 0.6) is 0 Å². The fourth-order valence-electron chi connectivity index (χ4n) is 1.51. The molecule has 0 unspecified atom stereocenters. The quantitative estimate of drug-likeness (QED) is 0.431. The van der Waals surface area contributed by atoms with E-state index in [0.717, 1.165) is 25.7 Å². The molecule has 0 bridgehead atoms. The van der Waals surface area contributed by atoms with Gasteiger partial charge in [0.25, 0.3) is 0 Å². The van der Waals surface area contributed by atoms with Crippen molar-refractivity contribution in [2.45, 2.75) is 44.1 Å². The molecule has 4 radical (unpaired) electrons. The van der Waals surface area contributed by atoms with Gasteiger partial charge < -0.3 is 11.7 Å². The molecule has 1 saturated carbocycles. The van der Waals surface area contributed by atoms with E-state index in [9.17, 15) is 5.11 Å². The van der Waals surface area contributed by atoms with E-state index >= 15 is 0 Å². The van der Waals surface area contributed by atoms with Gasteiger partial charge in [-0.2, -0.15) is 0 Å². The Hall–Kier alpha value is 0.499. The number of aliphatic hydroxyl groups is 1. The van der Waals surface area contributed by atoms with Gasteiger partial charge in [-0.25, -0.2) is 6.08 Å². The molecule has 0 amide bonds. The van der Waals surface area contributed by atoms with Crippen LogP contribution in [0, 0.1) is 6.58 Å². The first-order chi connectivity index (χ1) is 4.77. The molecule has 1 rings (SSSR count). The number of hydrogen-bond acceptors (Lipinski definition) is 1. The summed E-state index contributed by atoms with van der Waals surface area (Å²) in [5.41, 5.74) is -0.642. The summed E-state index contributed by atoms with van der Waals surface area (Å²) in [5, 5.41) is 9.68. The van der Waals surface area contributed by atoms with Crippen LogP contribution in [-0.2, 0) is 0 Å². The second-order valence-electron chi connectivity index (χ2n) is 3.18. The second-order valence-corrected chi connectivity index (χ2v) is 3.18. The standard InChI is InChI=1S/C9H15O.Sn/c1-2-9(10)7-5-3-4-6-8-9;/h1-2,10H,3-8H2;/q-1;. The minimum Gasteiger partial charge on any atom is -0.515 e. The van der Waals surface area contributed by atoms with Crippen LogP contribution in [0.25, 0.3) is 0 Å². The molecule has 1 aliphatic carbocycles. The van der Waals surface area contributed by atoms with Crippen molar-refractivity contribution < 1.29 is 5.11 Å². The molecule has 0 aromatic rings. The second kappa shape index (κ2) is 5.20. The SMILES string of the molecule is [CH-]=CC1(O)CCCCCC1.[Sn]. The van der Waals surface area contributed by atoms with Gasteiger partial charge in [-0.05, 0) is 12.8 Å². The molecule has 0 heterocycles. The van der Waals surface area contributed by atoms with Crippen LogP contribution < -0.4 is 0 Å². The molecule has 0 aliphatic heterocycles. The van der Waals surface area contributed by atoms with Gasteiger partial charge in [-0.3, -0.25) is 0 Å². The Kier molecular flexibility index (Phi) is 5.43. The van der Waals surface area contributed by atoms with Crippen molar-refractivity contribution in [1.29, 1.82) is 0 Å². The van der Waals surface area contributed by atoms with Gasteiger partial charge in [0.1, 0.15) is 0 Å². The molecule has 0 aromatic carbocycles. The van der Waals surface area contributed by atoms with Crippen LogP contribution >= 0.6 is 0 Å². The minimum absolute atomic E-state index is 0. The van der Waals surface area contributed by atoms with E-state index in [-0.39, 0.29) is 23.9 Å². The smallest absolute Gasteiger partial charge is 0.0512 e. The van der Waals surface area contributed by atoms with Gasteiger partial charge in [0.2, 0.25) is 0 Å². The zero-order valence-corrected chi connectivity index (χ0v) is 9.70. The van der Waals surface area contributed by atoms with Gasteiger partial charge in [0.05, 0.1) is 5.60 Å². The van der Waals surface area contributed by atoms with Crippen LogP contribution in [0.1, 0.15) is 38.5 Å². The summed E-state index contributed by atoms with van der Waals surface area (Å²) in [6, 6.07) is 0. The molecule has 62 valence electrons. The van der Waals surface area contributed by atoms with Crippen LogP contribution in [0.4, 0.5) is 0 Å². The Bertz CT molecular complexity index is 115. The van der Waals surface area contributed by atoms with Crippen molar-refractivity contribution in [3.05, 3.63) is 12.7 Å². The average molecular weight is 258 g/mol. The molecular weight excluding hydrogens is 243 g/mol. The summed E-state index contributed by atoms with van der Waals surface area (Å²) in [6.45, 7) is 5.33. The van der Waals surface area contributed by atoms with Crippen LogP contribution in [0.15, 0.2) is 6.08 Å². The third kappa shape index (κ3) is 3.61. The van der Waals surface area contributed by atoms with E-state index in [1.54, 1.807) is 0 Å². The van der Waals surface area contributed by atoms with Crippen molar-refractivity contribution in [1.82, 2.24) is 0 Å². The molecule has 1 fully saturated rings. The van der Waals surface area contributed by atoms with Gasteiger partial charge in [0.15, 0.2) is 0 Å². The van der Waals surface area contributed by atoms with Crippen LogP contribution in [0.2, 0.25) is 0 Å². The Morgan fingerprint density at radius 1 is 1.09 bits per heavy atom. The van der Waals surface area contributed by atoms with E-state index < -0.39 is 5.60 Å². The zero-order valence-electron chi connectivity index (χ0n) is 6.84. The maximum atomic E-state index is 9.68. The van der Waals surface area contributed by atoms with E-state index in [1.165, 1.54) is 18.9 Å². The average Bonchev–Trinajstić information content (AvgIpc) is 2.15. The Morgan fingerprint density at radius 3 is 1.91 bits per heavy atom. The summed E-state index contributed by atoms with van der Waals surface area (Å²) in [7, 11) is 0. The van der Waals surface area contributed by atoms with E-state index in [4.69, 9.17) is 6.58 Å². The third-order valence-corrected chi connectivity index (χ3v) is 2.28. The molecule has 1 aliphatic rings. The summed E-state index contributed by atoms with van der Waals surface area (Å²) < 4.78 is 0. The Labute approximate surface area is 85.8 Å². The largest absolute Gasteiger partial charge is 0.515 e. The van der Waals surface area contributed by atoms with Gasteiger partial charge in [0, 0.05) is 23.9 Å². The predicted octanol–water partition coefficient (Wildman–Crippen LogP) is 1.68. The van der Waals surface area contributed by atoms with Gasteiger partial charge in [-0.1, -0.05) is 25.7 Å². The van der Waals surface area contributed by atoms with Crippen molar-refractivity contribution in [2.75, 3.05) is 0 Å². The van der Waals surface area contributed by atoms with Crippen molar-refractivity contribution in [2.24, 2.45) is 0 Å². The van der Waals surface area contributed by atoms with Crippen LogP contribution in [-0.4, -0.2) is 34.6 Å². The molecule has 0 spiro atoms. The molecule has 2 heteroatoms.